The Morgan fingerprint density at radius 1 is 1.26 bits per heavy atom. The number of benzene rings is 1. The average molecular weight is 432 g/mol. The number of alkyl halides is 3. The molecule has 0 aliphatic carbocycles. The second-order valence-corrected chi connectivity index (χ2v) is 8.36. The third-order valence-corrected chi connectivity index (χ3v) is 6.35. The van der Waals surface area contributed by atoms with E-state index in [4.69, 9.17) is 0 Å². The van der Waals surface area contributed by atoms with Crippen LogP contribution in [-0.2, 0) is 17.4 Å². The predicted octanol–water partition coefficient (Wildman–Crippen LogP) is 3.88. The van der Waals surface area contributed by atoms with Crippen LogP contribution in [0.5, 0.6) is 0 Å². The molecular weight excluding hydrogens is 405 g/mol. The van der Waals surface area contributed by atoms with Crippen LogP contribution in [0.4, 0.5) is 24.7 Å². The molecule has 31 heavy (non-hydrogen) atoms. The van der Waals surface area contributed by atoms with Gasteiger partial charge in [-0.1, -0.05) is 13.0 Å². The molecule has 1 saturated heterocycles. The maximum atomic E-state index is 13.3. The van der Waals surface area contributed by atoms with Crippen molar-refractivity contribution in [1.29, 1.82) is 0 Å². The number of rotatable bonds is 4. The molecule has 1 N–H and O–H groups in total. The van der Waals surface area contributed by atoms with Crippen molar-refractivity contribution in [2.24, 2.45) is 5.92 Å². The molecule has 1 aromatic carbocycles. The molecule has 3 atom stereocenters. The number of halogens is 3. The molecule has 1 aromatic heterocycles. The maximum Gasteiger partial charge on any atom is 0.416 e. The number of fused-ring (bicyclic) bond motifs is 3. The first kappa shape index (κ1) is 21.5. The smallest absolute Gasteiger partial charge is 0.364 e. The molecule has 1 amide bonds. The summed E-state index contributed by atoms with van der Waals surface area (Å²) < 4.78 is 39.9. The van der Waals surface area contributed by atoms with Crippen LogP contribution in [0.25, 0.3) is 0 Å². The number of nitrogens with zero attached hydrogens (tertiary/aromatic N) is 3. The van der Waals surface area contributed by atoms with Gasteiger partial charge in [-0.2, -0.15) is 13.2 Å². The van der Waals surface area contributed by atoms with Gasteiger partial charge in [0.2, 0.25) is 5.91 Å². The van der Waals surface area contributed by atoms with Crippen LogP contribution in [0.3, 0.4) is 0 Å². The van der Waals surface area contributed by atoms with Crippen molar-refractivity contribution in [3.8, 4) is 0 Å². The maximum absolute atomic E-state index is 13.3. The summed E-state index contributed by atoms with van der Waals surface area (Å²) in [5.74, 6) is 0.313. The van der Waals surface area contributed by atoms with Gasteiger partial charge >= 0.3 is 6.18 Å². The lowest BCUT2D eigenvalue weighted by Crippen LogP contribution is -2.61. The fourth-order valence-corrected chi connectivity index (χ4v) is 4.50. The van der Waals surface area contributed by atoms with Gasteiger partial charge in [-0.3, -0.25) is 4.79 Å². The van der Waals surface area contributed by atoms with E-state index in [0.717, 1.165) is 24.0 Å². The molecule has 2 aliphatic heterocycles. The summed E-state index contributed by atoms with van der Waals surface area (Å²) in [6, 6.07) is 9.51. The highest BCUT2D eigenvalue weighted by Crippen LogP contribution is 2.40. The van der Waals surface area contributed by atoms with Crippen molar-refractivity contribution in [3.63, 3.8) is 0 Å². The number of piperazine rings is 1. The molecule has 4 rings (SSSR count). The topological polar surface area (TPSA) is 48.5 Å². The first-order valence-electron chi connectivity index (χ1n) is 10.7. The minimum Gasteiger partial charge on any atom is -0.364 e. The molecule has 1 fully saturated rings. The van der Waals surface area contributed by atoms with E-state index in [1.165, 1.54) is 6.07 Å². The Morgan fingerprint density at radius 2 is 2.06 bits per heavy atom. The molecule has 2 aromatic rings. The van der Waals surface area contributed by atoms with Crippen molar-refractivity contribution in [2.75, 3.05) is 29.4 Å². The molecule has 5 nitrogen and oxygen atoms in total. The van der Waals surface area contributed by atoms with Crippen LogP contribution in [0.1, 0.15) is 31.4 Å². The third-order valence-electron chi connectivity index (χ3n) is 6.35. The van der Waals surface area contributed by atoms with Gasteiger partial charge in [0.15, 0.2) is 0 Å². The number of carbonyl (C=O) groups excluding carboxylic acids is 1. The fraction of sp³-hybridized carbons (Fsp3) is 0.478. The monoisotopic (exact) mass is 432 g/mol. The number of anilines is 2. The zero-order valence-corrected chi connectivity index (χ0v) is 17.7. The quantitative estimate of drug-likeness (QED) is 0.797. The van der Waals surface area contributed by atoms with Gasteiger partial charge in [-0.15, -0.1) is 0 Å². The Bertz CT molecular complexity index is 934. The van der Waals surface area contributed by atoms with Gasteiger partial charge < -0.3 is 15.1 Å². The summed E-state index contributed by atoms with van der Waals surface area (Å²) in [7, 11) is 0. The van der Waals surface area contributed by atoms with E-state index < -0.39 is 17.7 Å². The Balaban J connectivity index is 1.68. The molecule has 0 radical (unpaired) electrons. The number of hydrogen-bond acceptors (Lipinski definition) is 4. The minimum absolute atomic E-state index is 0.0133. The molecule has 166 valence electrons. The Morgan fingerprint density at radius 3 is 2.74 bits per heavy atom. The highest BCUT2D eigenvalue weighted by Gasteiger charge is 2.43. The highest BCUT2D eigenvalue weighted by molar-refractivity contribution is 5.82. The standard InChI is InChI=1S/C23H27F3N4O/c1-3-15(2)28-22(31)18-13-16-12-17(23(24,25)26)7-8-19(16)30-11-10-29(14-20(18)30)21-6-4-5-9-27-21/h4-9,12,15,18,20H,3,10-11,13-14H2,1-2H3,(H,28,31)/t15-,18+,20-/m0/s1. The highest BCUT2D eigenvalue weighted by atomic mass is 19.4. The van der Waals surface area contributed by atoms with Gasteiger partial charge in [-0.25, -0.2) is 4.98 Å². The van der Waals surface area contributed by atoms with E-state index >= 15 is 0 Å². The predicted molar refractivity (Wildman–Crippen MR) is 114 cm³/mol. The fourth-order valence-electron chi connectivity index (χ4n) is 4.50. The normalized spacial score (nSPS) is 21.8. The summed E-state index contributed by atoms with van der Waals surface area (Å²) in [6.07, 6.45) is -1.58. The van der Waals surface area contributed by atoms with Crippen LogP contribution in [0.15, 0.2) is 42.6 Å². The lowest BCUT2D eigenvalue weighted by molar-refractivity contribution is -0.137. The van der Waals surface area contributed by atoms with Crippen LogP contribution >= 0.6 is 0 Å². The summed E-state index contributed by atoms with van der Waals surface area (Å²) in [6.45, 7) is 5.83. The lowest BCUT2D eigenvalue weighted by Gasteiger charge is -2.49. The van der Waals surface area contributed by atoms with E-state index in [1.54, 1.807) is 12.3 Å². The van der Waals surface area contributed by atoms with Crippen LogP contribution in [-0.4, -0.2) is 42.6 Å². The Hall–Kier alpha value is -2.77. The number of hydrogen-bond donors (Lipinski definition) is 1. The number of aromatic nitrogens is 1. The second kappa shape index (κ2) is 8.40. The Kier molecular flexibility index (Phi) is 5.81. The number of nitrogens with one attached hydrogen (secondary N) is 1. The van der Waals surface area contributed by atoms with Crippen LogP contribution < -0.4 is 15.1 Å². The van der Waals surface area contributed by atoms with Gasteiger partial charge in [-0.05, 0) is 55.7 Å². The summed E-state index contributed by atoms with van der Waals surface area (Å²) >= 11 is 0. The van der Waals surface area contributed by atoms with E-state index in [1.807, 2.05) is 32.0 Å². The van der Waals surface area contributed by atoms with Crippen LogP contribution in [0.2, 0.25) is 0 Å². The first-order chi connectivity index (χ1) is 14.8. The molecule has 2 aliphatic rings. The molecule has 0 saturated carbocycles. The van der Waals surface area contributed by atoms with Crippen LogP contribution in [0, 0.1) is 5.92 Å². The second-order valence-electron chi connectivity index (χ2n) is 8.36. The van der Waals surface area contributed by atoms with Gasteiger partial charge in [0.25, 0.3) is 0 Å². The van der Waals surface area contributed by atoms with Crippen molar-refractivity contribution < 1.29 is 18.0 Å². The van der Waals surface area contributed by atoms with Gasteiger partial charge in [0, 0.05) is 37.6 Å². The average Bonchev–Trinajstić information content (AvgIpc) is 2.77. The van der Waals surface area contributed by atoms with Crippen molar-refractivity contribution in [2.45, 2.75) is 44.9 Å². The largest absolute Gasteiger partial charge is 0.416 e. The van der Waals surface area contributed by atoms with E-state index in [-0.39, 0.29) is 18.0 Å². The van der Waals surface area contributed by atoms with E-state index in [9.17, 15) is 18.0 Å². The Labute approximate surface area is 180 Å². The number of amides is 1. The molecule has 8 heteroatoms. The number of pyridine rings is 1. The molecule has 0 bridgehead atoms. The van der Waals surface area contributed by atoms with Gasteiger partial charge in [0.05, 0.1) is 17.5 Å². The third kappa shape index (κ3) is 4.34. The van der Waals surface area contributed by atoms with Gasteiger partial charge in [0.1, 0.15) is 5.82 Å². The first-order valence-corrected chi connectivity index (χ1v) is 10.7. The number of carbonyl (C=O) groups is 1. The zero-order valence-electron chi connectivity index (χ0n) is 17.7. The molecule has 0 unspecified atom stereocenters. The van der Waals surface area contributed by atoms with E-state index in [0.29, 0.717) is 31.6 Å². The molecule has 0 spiro atoms. The van der Waals surface area contributed by atoms with E-state index in [2.05, 4.69) is 20.1 Å². The lowest BCUT2D eigenvalue weighted by atomic mass is 9.82. The summed E-state index contributed by atoms with van der Waals surface area (Å²) in [5, 5.41) is 3.04. The molecule has 3 heterocycles. The summed E-state index contributed by atoms with van der Waals surface area (Å²) in [5.41, 5.74) is 0.714. The molecular formula is C23H27F3N4O. The van der Waals surface area contributed by atoms with Crippen molar-refractivity contribution in [3.05, 3.63) is 53.7 Å². The summed E-state index contributed by atoms with van der Waals surface area (Å²) in [4.78, 5) is 21.9. The van der Waals surface area contributed by atoms with Crippen molar-refractivity contribution in [1.82, 2.24) is 10.3 Å². The zero-order chi connectivity index (χ0) is 22.2. The minimum atomic E-state index is -4.40. The van der Waals surface area contributed by atoms with Crippen molar-refractivity contribution >= 4 is 17.4 Å². The SMILES string of the molecule is CC[C@H](C)NC(=O)[C@@H]1Cc2cc(C(F)(F)F)ccc2N2CCN(c3ccccn3)C[C@@H]12.